The number of hydrogen-bond acceptors (Lipinski definition) is 5. The van der Waals surface area contributed by atoms with Crippen LogP contribution in [0.3, 0.4) is 0 Å². The SMILES string of the molecule is COc1ccc(CCNC(=O)CN2C(=O)N[C@@](C)(C3CC3)C2=O)cc1OC. The minimum Gasteiger partial charge on any atom is -0.493 e. The Hall–Kier alpha value is -2.77. The monoisotopic (exact) mass is 375 g/mol. The van der Waals surface area contributed by atoms with Crippen LogP contribution in [-0.2, 0) is 16.0 Å². The first-order valence-corrected chi connectivity index (χ1v) is 9.00. The lowest BCUT2D eigenvalue weighted by Gasteiger charge is -2.20. The molecule has 1 saturated carbocycles. The molecule has 1 atom stereocenters. The van der Waals surface area contributed by atoms with Crippen LogP contribution in [0.1, 0.15) is 25.3 Å². The molecule has 1 saturated heterocycles. The molecule has 146 valence electrons. The van der Waals surface area contributed by atoms with Gasteiger partial charge in [-0.3, -0.25) is 14.5 Å². The lowest BCUT2D eigenvalue weighted by molar-refractivity contribution is -0.135. The van der Waals surface area contributed by atoms with E-state index in [1.54, 1.807) is 21.1 Å². The Bertz CT molecular complexity index is 762. The van der Waals surface area contributed by atoms with E-state index in [1.807, 2.05) is 18.2 Å². The number of rotatable bonds is 8. The third kappa shape index (κ3) is 3.84. The maximum absolute atomic E-state index is 12.5. The van der Waals surface area contributed by atoms with Crippen molar-refractivity contribution in [2.24, 2.45) is 5.92 Å². The van der Waals surface area contributed by atoms with E-state index in [1.165, 1.54) is 0 Å². The molecule has 1 aromatic rings. The Morgan fingerprint density at radius 3 is 2.59 bits per heavy atom. The lowest BCUT2D eigenvalue weighted by atomic mass is 9.96. The van der Waals surface area contributed by atoms with E-state index < -0.39 is 11.6 Å². The second-order valence-corrected chi connectivity index (χ2v) is 7.09. The average Bonchev–Trinajstić information content (AvgIpc) is 3.48. The summed E-state index contributed by atoms with van der Waals surface area (Å²) < 4.78 is 10.5. The number of imide groups is 1. The second-order valence-electron chi connectivity index (χ2n) is 7.09. The average molecular weight is 375 g/mol. The van der Waals surface area contributed by atoms with Gasteiger partial charge in [0, 0.05) is 6.54 Å². The van der Waals surface area contributed by atoms with Gasteiger partial charge in [0.15, 0.2) is 11.5 Å². The van der Waals surface area contributed by atoms with Gasteiger partial charge in [-0.2, -0.15) is 0 Å². The van der Waals surface area contributed by atoms with Crippen LogP contribution in [0.5, 0.6) is 11.5 Å². The standard InChI is InChI=1S/C19H25N3O5/c1-19(13-5-6-13)17(24)22(18(25)21-19)11-16(23)20-9-8-12-4-7-14(26-2)15(10-12)27-3/h4,7,10,13H,5-6,8-9,11H2,1-3H3,(H,20,23)(H,21,25)/t19-/m0/s1. The zero-order chi connectivity index (χ0) is 19.6. The van der Waals surface area contributed by atoms with Crippen molar-refractivity contribution in [1.82, 2.24) is 15.5 Å². The summed E-state index contributed by atoms with van der Waals surface area (Å²) in [5.74, 6) is 0.763. The summed E-state index contributed by atoms with van der Waals surface area (Å²) in [7, 11) is 3.14. The van der Waals surface area contributed by atoms with Gasteiger partial charge in [0.1, 0.15) is 12.1 Å². The normalized spacial score (nSPS) is 21.8. The van der Waals surface area contributed by atoms with Gasteiger partial charge >= 0.3 is 6.03 Å². The van der Waals surface area contributed by atoms with Crippen molar-refractivity contribution in [2.75, 3.05) is 27.3 Å². The summed E-state index contributed by atoms with van der Waals surface area (Å²) in [5, 5.41) is 5.49. The fourth-order valence-corrected chi connectivity index (χ4v) is 3.38. The number of urea groups is 1. The molecule has 1 heterocycles. The molecule has 27 heavy (non-hydrogen) atoms. The Balaban J connectivity index is 1.50. The van der Waals surface area contributed by atoms with Gasteiger partial charge in [-0.15, -0.1) is 0 Å². The summed E-state index contributed by atoms with van der Waals surface area (Å²) in [6, 6.07) is 5.06. The Kier molecular flexibility index (Phi) is 5.25. The maximum atomic E-state index is 12.5. The number of carbonyl (C=O) groups is 3. The fraction of sp³-hybridized carbons (Fsp3) is 0.526. The molecule has 0 aromatic heterocycles. The largest absolute Gasteiger partial charge is 0.493 e. The van der Waals surface area contributed by atoms with Gasteiger partial charge in [-0.1, -0.05) is 6.07 Å². The number of benzene rings is 1. The molecule has 0 spiro atoms. The van der Waals surface area contributed by atoms with E-state index in [4.69, 9.17) is 9.47 Å². The summed E-state index contributed by atoms with van der Waals surface area (Å²) >= 11 is 0. The summed E-state index contributed by atoms with van der Waals surface area (Å²) in [5.41, 5.74) is 0.112. The number of carbonyl (C=O) groups excluding carboxylic acids is 3. The van der Waals surface area contributed by atoms with Crippen LogP contribution in [0.25, 0.3) is 0 Å². The molecule has 1 aliphatic carbocycles. The lowest BCUT2D eigenvalue weighted by Crippen LogP contribution is -2.47. The van der Waals surface area contributed by atoms with Crippen molar-refractivity contribution in [3.05, 3.63) is 23.8 Å². The first kappa shape index (κ1) is 19.0. The highest BCUT2D eigenvalue weighted by Gasteiger charge is 2.56. The van der Waals surface area contributed by atoms with Crippen molar-refractivity contribution in [3.63, 3.8) is 0 Å². The molecule has 0 unspecified atom stereocenters. The topological polar surface area (TPSA) is 97.0 Å². The van der Waals surface area contributed by atoms with Crippen LogP contribution in [-0.4, -0.2) is 55.6 Å². The first-order chi connectivity index (χ1) is 12.9. The van der Waals surface area contributed by atoms with E-state index in [2.05, 4.69) is 10.6 Å². The van der Waals surface area contributed by atoms with E-state index >= 15 is 0 Å². The van der Waals surface area contributed by atoms with Gasteiger partial charge in [-0.25, -0.2) is 4.79 Å². The Morgan fingerprint density at radius 2 is 1.96 bits per heavy atom. The molecule has 3 rings (SSSR count). The summed E-state index contributed by atoms with van der Waals surface area (Å²) in [6.45, 7) is 1.86. The van der Waals surface area contributed by atoms with Crippen molar-refractivity contribution < 1.29 is 23.9 Å². The smallest absolute Gasteiger partial charge is 0.325 e. The first-order valence-electron chi connectivity index (χ1n) is 9.00. The van der Waals surface area contributed by atoms with E-state index in [0.717, 1.165) is 23.3 Å². The van der Waals surface area contributed by atoms with Gasteiger partial charge in [0.05, 0.1) is 14.2 Å². The minimum absolute atomic E-state index is 0.173. The molecule has 8 nitrogen and oxygen atoms in total. The van der Waals surface area contributed by atoms with Crippen molar-refractivity contribution >= 4 is 17.8 Å². The molecule has 2 fully saturated rings. The van der Waals surface area contributed by atoms with Crippen molar-refractivity contribution in [2.45, 2.75) is 31.7 Å². The van der Waals surface area contributed by atoms with Crippen molar-refractivity contribution in [1.29, 1.82) is 0 Å². The molecule has 2 aliphatic rings. The second kappa shape index (κ2) is 7.46. The van der Waals surface area contributed by atoms with Gasteiger partial charge in [0.2, 0.25) is 5.91 Å². The van der Waals surface area contributed by atoms with E-state index in [9.17, 15) is 14.4 Å². The minimum atomic E-state index is -0.864. The van der Waals surface area contributed by atoms with Gasteiger partial charge in [-0.05, 0) is 49.8 Å². The van der Waals surface area contributed by atoms with Crippen LogP contribution in [0, 0.1) is 5.92 Å². The van der Waals surface area contributed by atoms with Crippen LogP contribution >= 0.6 is 0 Å². The molecule has 8 heteroatoms. The zero-order valence-electron chi connectivity index (χ0n) is 15.8. The summed E-state index contributed by atoms with van der Waals surface area (Å²) in [4.78, 5) is 37.8. The summed E-state index contributed by atoms with van der Waals surface area (Å²) in [6.07, 6.45) is 2.44. The highest BCUT2D eigenvalue weighted by Crippen LogP contribution is 2.42. The number of ether oxygens (including phenoxy) is 2. The molecule has 0 bridgehead atoms. The fourth-order valence-electron chi connectivity index (χ4n) is 3.38. The van der Waals surface area contributed by atoms with E-state index in [0.29, 0.717) is 24.5 Å². The molecule has 4 amide bonds. The van der Waals surface area contributed by atoms with Crippen LogP contribution in [0.4, 0.5) is 4.79 Å². The van der Waals surface area contributed by atoms with Crippen LogP contribution in [0.15, 0.2) is 18.2 Å². The third-order valence-corrected chi connectivity index (χ3v) is 5.18. The number of methoxy groups -OCH3 is 2. The molecule has 1 aromatic carbocycles. The molecule has 1 aliphatic heterocycles. The predicted octanol–water partition coefficient (Wildman–Crippen LogP) is 1.08. The Morgan fingerprint density at radius 1 is 1.26 bits per heavy atom. The number of hydrogen-bond donors (Lipinski definition) is 2. The highest BCUT2D eigenvalue weighted by molar-refractivity contribution is 6.09. The van der Waals surface area contributed by atoms with Gasteiger partial charge < -0.3 is 20.1 Å². The molecule has 0 radical (unpaired) electrons. The zero-order valence-corrected chi connectivity index (χ0v) is 15.8. The number of nitrogens with one attached hydrogen (secondary N) is 2. The van der Waals surface area contributed by atoms with Gasteiger partial charge in [0.25, 0.3) is 5.91 Å². The molecular weight excluding hydrogens is 350 g/mol. The van der Waals surface area contributed by atoms with Crippen LogP contribution < -0.4 is 20.1 Å². The Labute approximate surface area is 158 Å². The number of nitrogens with zero attached hydrogens (tertiary/aromatic N) is 1. The third-order valence-electron chi connectivity index (χ3n) is 5.18. The number of amides is 4. The highest BCUT2D eigenvalue weighted by atomic mass is 16.5. The predicted molar refractivity (Wildman–Crippen MR) is 97.6 cm³/mol. The molecular formula is C19H25N3O5. The maximum Gasteiger partial charge on any atom is 0.325 e. The quantitative estimate of drug-likeness (QED) is 0.663. The molecule has 2 N–H and O–H groups in total. The van der Waals surface area contributed by atoms with E-state index in [-0.39, 0.29) is 24.3 Å². The van der Waals surface area contributed by atoms with Crippen LogP contribution in [0.2, 0.25) is 0 Å². The van der Waals surface area contributed by atoms with Crippen molar-refractivity contribution in [3.8, 4) is 11.5 Å².